The van der Waals surface area contributed by atoms with Gasteiger partial charge in [0, 0.05) is 35.7 Å². The van der Waals surface area contributed by atoms with Crippen LogP contribution in [-0.4, -0.2) is 42.6 Å². The summed E-state index contributed by atoms with van der Waals surface area (Å²) in [5, 5.41) is 0. The van der Waals surface area contributed by atoms with Crippen molar-refractivity contribution in [1.29, 1.82) is 0 Å². The normalized spacial score (nSPS) is 27.4. The van der Waals surface area contributed by atoms with Gasteiger partial charge in [-0.05, 0) is 55.2 Å². The molecule has 2 aromatic rings. The van der Waals surface area contributed by atoms with E-state index in [0.29, 0.717) is 47.6 Å². The Morgan fingerprint density at radius 3 is 2.77 bits per heavy atom. The molecule has 2 N–H and O–H groups in total. The van der Waals surface area contributed by atoms with E-state index in [0.717, 1.165) is 17.3 Å². The zero-order chi connectivity index (χ0) is 22.0. The Balaban J connectivity index is 1.71. The van der Waals surface area contributed by atoms with Crippen LogP contribution in [0.25, 0.3) is 11.1 Å². The summed E-state index contributed by atoms with van der Waals surface area (Å²) >= 11 is 3.45. The molecule has 6 nitrogen and oxygen atoms in total. The van der Waals surface area contributed by atoms with Gasteiger partial charge in [-0.2, -0.15) is 0 Å². The predicted molar refractivity (Wildman–Crippen MR) is 118 cm³/mol. The van der Waals surface area contributed by atoms with E-state index in [2.05, 4.69) is 20.9 Å². The number of guanidine groups is 1. The molecule has 0 saturated carbocycles. The molecule has 3 aliphatic rings. The number of hydrogen-bond acceptors (Lipinski definition) is 5. The number of aryl methyl sites for hydroxylation is 1. The number of amides is 1. The van der Waals surface area contributed by atoms with Crippen molar-refractivity contribution in [1.82, 2.24) is 4.90 Å². The van der Waals surface area contributed by atoms with Crippen LogP contribution in [-0.2, 0) is 15.1 Å². The zero-order valence-corrected chi connectivity index (χ0v) is 19.0. The molecule has 0 bridgehead atoms. The van der Waals surface area contributed by atoms with Crippen LogP contribution in [0.3, 0.4) is 0 Å². The zero-order valence-electron chi connectivity index (χ0n) is 17.4. The number of nitrogens with zero attached hydrogens (tertiary/aromatic N) is 2. The summed E-state index contributed by atoms with van der Waals surface area (Å²) in [5.74, 6) is 0.221. The van der Waals surface area contributed by atoms with Crippen molar-refractivity contribution in [2.45, 2.75) is 37.3 Å². The van der Waals surface area contributed by atoms with Crippen LogP contribution >= 0.6 is 15.9 Å². The fourth-order valence-electron chi connectivity index (χ4n) is 4.91. The Bertz CT molecular complexity index is 1130. The molecule has 162 valence electrons. The highest BCUT2D eigenvalue weighted by Crippen LogP contribution is 2.52. The first-order valence-electron chi connectivity index (χ1n) is 10.3. The van der Waals surface area contributed by atoms with Gasteiger partial charge in [-0.15, -0.1) is 0 Å². The van der Waals surface area contributed by atoms with Crippen molar-refractivity contribution in [2.24, 2.45) is 10.7 Å². The Labute approximate surface area is 188 Å². The van der Waals surface area contributed by atoms with E-state index in [1.54, 1.807) is 32.2 Å². The van der Waals surface area contributed by atoms with Gasteiger partial charge >= 0.3 is 0 Å². The maximum Gasteiger partial charge on any atom is 0.261 e. The van der Waals surface area contributed by atoms with Crippen molar-refractivity contribution >= 4 is 27.8 Å². The molecule has 8 heteroatoms. The number of carbonyl (C=O) groups excluding carboxylic acids is 1. The summed E-state index contributed by atoms with van der Waals surface area (Å²) in [6, 6.07) is 8.89. The number of benzene rings is 2. The number of likely N-dealkylation sites (N-methyl/N-ethyl adjacent to an activating group) is 1. The minimum Gasteiger partial charge on any atom is -0.484 e. The summed E-state index contributed by atoms with van der Waals surface area (Å²) in [6.07, 6.45) is 1.94. The largest absolute Gasteiger partial charge is 0.484 e. The molecule has 2 atom stereocenters. The minimum absolute atomic E-state index is 0.166. The minimum atomic E-state index is -1.21. The van der Waals surface area contributed by atoms with E-state index < -0.39 is 11.1 Å². The molecule has 2 spiro atoms. The second kappa shape index (κ2) is 7.03. The third-order valence-electron chi connectivity index (χ3n) is 6.45. The predicted octanol–water partition coefficient (Wildman–Crippen LogP) is 3.88. The number of carbonyl (C=O) groups is 1. The lowest BCUT2D eigenvalue weighted by Gasteiger charge is -2.46. The molecular formula is C23H23BrFN3O3. The van der Waals surface area contributed by atoms with Crippen LogP contribution in [0.4, 0.5) is 4.39 Å². The molecule has 1 amide bonds. The van der Waals surface area contributed by atoms with Gasteiger partial charge in [-0.3, -0.25) is 9.69 Å². The molecule has 3 heterocycles. The van der Waals surface area contributed by atoms with Gasteiger partial charge in [0.1, 0.15) is 17.2 Å². The van der Waals surface area contributed by atoms with Gasteiger partial charge in [0.05, 0.1) is 6.61 Å². The Kier molecular flexibility index (Phi) is 4.64. The number of fused-ring (bicyclic) bond motifs is 2. The molecule has 5 rings (SSSR count). The summed E-state index contributed by atoms with van der Waals surface area (Å²) in [5.41, 5.74) is 6.46. The maximum absolute atomic E-state index is 15.0. The molecule has 3 aliphatic heterocycles. The van der Waals surface area contributed by atoms with E-state index >= 15 is 0 Å². The second-order valence-electron chi connectivity index (χ2n) is 8.61. The molecule has 1 fully saturated rings. The van der Waals surface area contributed by atoms with E-state index in [1.165, 1.54) is 4.90 Å². The third-order valence-corrected chi connectivity index (χ3v) is 6.91. The van der Waals surface area contributed by atoms with E-state index in [-0.39, 0.29) is 17.7 Å². The van der Waals surface area contributed by atoms with Crippen LogP contribution in [0.5, 0.6) is 5.75 Å². The topological polar surface area (TPSA) is 77.2 Å². The van der Waals surface area contributed by atoms with Crippen molar-refractivity contribution in [3.8, 4) is 16.9 Å². The first-order valence-corrected chi connectivity index (χ1v) is 11.0. The van der Waals surface area contributed by atoms with Gasteiger partial charge in [0.15, 0.2) is 11.5 Å². The van der Waals surface area contributed by atoms with E-state index in [9.17, 15) is 9.18 Å². The molecule has 0 radical (unpaired) electrons. The van der Waals surface area contributed by atoms with Gasteiger partial charge in [-0.25, -0.2) is 9.38 Å². The average Bonchev–Trinajstić information content (AvgIpc) is 2.95. The van der Waals surface area contributed by atoms with Crippen LogP contribution in [0.2, 0.25) is 0 Å². The molecule has 31 heavy (non-hydrogen) atoms. The van der Waals surface area contributed by atoms with Gasteiger partial charge in [0.25, 0.3) is 5.91 Å². The Morgan fingerprint density at radius 1 is 1.29 bits per heavy atom. The van der Waals surface area contributed by atoms with E-state index in [1.807, 2.05) is 12.1 Å². The fourth-order valence-corrected chi connectivity index (χ4v) is 5.49. The Morgan fingerprint density at radius 2 is 2.10 bits per heavy atom. The number of aliphatic imine (C=N–C) groups is 1. The number of rotatable bonds is 1. The SMILES string of the molecule is Cc1cc(Br)cc(-c2ccc3c(c2)C2(CC4(CCCOC4)O3)N=C(N)N(C)C2=O)c1F. The van der Waals surface area contributed by atoms with Crippen molar-refractivity contribution in [3.63, 3.8) is 0 Å². The summed E-state index contributed by atoms with van der Waals surface area (Å²) in [7, 11) is 1.62. The number of hydrogen-bond donors (Lipinski definition) is 1. The number of halogens is 2. The molecule has 2 unspecified atom stereocenters. The van der Waals surface area contributed by atoms with E-state index in [4.69, 9.17) is 15.2 Å². The fraction of sp³-hybridized carbons (Fsp3) is 0.391. The number of ether oxygens (including phenoxy) is 2. The second-order valence-corrected chi connectivity index (χ2v) is 9.52. The first-order chi connectivity index (χ1) is 14.7. The lowest BCUT2D eigenvalue weighted by molar-refractivity contribution is -0.139. The highest BCUT2D eigenvalue weighted by Gasteiger charge is 2.58. The Hall–Kier alpha value is -2.45. The molecule has 0 aliphatic carbocycles. The highest BCUT2D eigenvalue weighted by atomic mass is 79.9. The first kappa shape index (κ1) is 20.5. The van der Waals surface area contributed by atoms with Crippen LogP contribution in [0.1, 0.15) is 30.4 Å². The van der Waals surface area contributed by atoms with Gasteiger partial charge in [0.2, 0.25) is 0 Å². The average molecular weight is 488 g/mol. The highest BCUT2D eigenvalue weighted by molar-refractivity contribution is 9.10. The van der Waals surface area contributed by atoms with Crippen LogP contribution in [0, 0.1) is 12.7 Å². The smallest absolute Gasteiger partial charge is 0.261 e. The standard InChI is InChI=1S/C23H23BrFN3O3/c1-13-8-15(24)10-16(19(13)25)14-4-5-18-17(9-14)23(20(29)28(2)21(26)27-23)11-22(31-18)6-3-7-30-12-22/h4-5,8-10H,3,6-7,11-12H2,1-2H3,(H2,26,27). The quantitative estimate of drug-likeness (QED) is 0.661. The van der Waals surface area contributed by atoms with Gasteiger partial charge in [-0.1, -0.05) is 22.0 Å². The maximum atomic E-state index is 15.0. The summed E-state index contributed by atoms with van der Waals surface area (Å²) in [6.45, 7) is 2.78. The van der Waals surface area contributed by atoms with Crippen molar-refractivity contribution in [3.05, 3.63) is 51.7 Å². The lowest BCUT2D eigenvalue weighted by atomic mass is 9.74. The van der Waals surface area contributed by atoms with Crippen molar-refractivity contribution in [2.75, 3.05) is 20.3 Å². The molecular weight excluding hydrogens is 465 g/mol. The third kappa shape index (κ3) is 3.07. The number of nitrogens with two attached hydrogens (primary N) is 1. The summed E-state index contributed by atoms with van der Waals surface area (Å²) < 4.78 is 27.9. The van der Waals surface area contributed by atoms with Crippen molar-refractivity contribution < 1.29 is 18.7 Å². The molecule has 2 aromatic carbocycles. The lowest BCUT2D eigenvalue weighted by Crippen LogP contribution is -2.55. The van der Waals surface area contributed by atoms with Crippen LogP contribution in [0.15, 0.2) is 39.8 Å². The van der Waals surface area contributed by atoms with Crippen LogP contribution < -0.4 is 10.5 Å². The summed E-state index contributed by atoms with van der Waals surface area (Å²) in [4.78, 5) is 19.5. The van der Waals surface area contributed by atoms with Gasteiger partial charge < -0.3 is 15.2 Å². The monoisotopic (exact) mass is 487 g/mol. The molecule has 1 saturated heterocycles. The molecule has 0 aromatic heterocycles.